The first-order chi connectivity index (χ1) is 11.4. The molecule has 0 saturated heterocycles. The molecule has 0 fully saturated rings. The van der Waals surface area contributed by atoms with Gasteiger partial charge in [0.2, 0.25) is 5.95 Å². The van der Waals surface area contributed by atoms with E-state index in [4.69, 9.17) is 4.98 Å². The lowest BCUT2D eigenvalue weighted by Crippen LogP contribution is -2.24. The van der Waals surface area contributed by atoms with Crippen LogP contribution in [0.25, 0.3) is 11.0 Å². The number of benzene rings is 1. The van der Waals surface area contributed by atoms with Crippen molar-refractivity contribution in [2.24, 2.45) is 0 Å². The summed E-state index contributed by atoms with van der Waals surface area (Å²) >= 11 is 0. The van der Waals surface area contributed by atoms with Crippen LogP contribution in [0.3, 0.4) is 0 Å². The summed E-state index contributed by atoms with van der Waals surface area (Å²) in [5.74, 6) is 1.48. The summed E-state index contributed by atoms with van der Waals surface area (Å²) in [4.78, 5) is 11.3. The molecular weight excluding hydrogens is 300 g/mol. The summed E-state index contributed by atoms with van der Waals surface area (Å²) in [6, 6.07) is 10.3. The average Bonchev–Trinajstić information content (AvgIpc) is 2.97. The van der Waals surface area contributed by atoms with Gasteiger partial charge in [-0.05, 0) is 26.3 Å². The fourth-order valence-electron chi connectivity index (χ4n) is 2.50. The third-order valence-electron chi connectivity index (χ3n) is 3.75. The Balaban J connectivity index is 2.04. The van der Waals surface area contributed by atoms with Gasteiger partial charge in [0.05, 0.1) is 17.1 Å². The highest BCUT2D eigenvalue weighted by Gasteiger charge is 2.21. The maximum absolute atomic E-state index is 4.69. The van der Waals surface area contributed by atoms with E-state index < -0.39 is 0 Å². The minimum Gasteiger partial charge on any atom is -0.365 e. The van der Waals surface area contributed by atoms with E-state index in [1.54, 1.807) is 0 Å². The lowest BCUT2D eigenvalue weighted by Gasteiger charge is -2.21. The zero-order chi connectivity index (χ0) is 17.3. The van der Waals surface area contributed by atoms with Crippen LogP contribution in [-0.2, 0) is 12.1 Å². The SMILES string of the molecule is CN(C)c1nc(NCc2ccccc2)c2cnn(C(C)(C)C)c2n1. The third kappa shape index (κ3) is 3.18. The van der Waals surface area contributed by atoms with Gasteiger partial charge in [-0.25, -0.2) is 4.68 Å². The molecule has 0 bridgehead atoms. The molecule has 0 spiro atoms. The van der Waals surface area contributed by atoms with Crippen LogP contribution in [0.1, 0.15) is 26.3 Å². The topological polar surface area (TPSA) is 58.9 Å². The number of rotatable bonds is 4. The molecule has 0 unspecified atom stereocenters. The summed E-state index contributed by atoms with van der Waals surface area (Å²) in [6.45, 7) is 7.07. The molecule has 0 amide bonds. The molecule has 0 saturated carbocycles. The van der Waals surface area contributed by atoms with Gasteiger partial charge in [0.1, 0.15) is 5.82 Å². The van der Waals surface area contributed by atoms with Gasteiger partial charge >= 0.3 is 0 Å². The Morgan fingerprint density at radius 2 is 1.79 bits per heavy atom. The van der Waals surface area contributed by atoms with Gasteiger partial charge in [0, 0.05) is 20.6 Å². The summed E-state index contributed by atoms with van der Waals surface area (Å²) < 4.78 is 1.95. The van der Waals surface area contributed by atoms with Crippen LogP contribution >= 0.6 is 0 Å². The van der Waals surface area contributed by atoms with Crippen molar-refractivity contribution in [1.29, 1.82) is 0 Å². The Bertz CT molecular complexity index is 830. The normalized spacial score (nSPS) is 11.7. The standard InChI is InChI=1S/C18H24N6/c1-18(2,3)24-16-14(12-20-24)15(21-17(22-16)23(4)5)19-11-13-9-7-6-8-10-13/h6-10,12H,11H2,1-5H3,(H,19,21,22). The maximum Gasteiger partial charge on any atom is 0.228 e. The molecule has 6 heteroatoms. The van der Waals surface area contributed by atoms with E-state index in [-0.39, 0.29) is 5.54 Å². The highest BCUT2D eigenvalue weighted by Crippen LogP contribution is 2.27. The van der Waals surface area contributed by atoms with Gasteiger partial charge < -0.3 is 10.2 Å². The highest BCUT2D eigenvalue weighted by atomic mass is 15.4. The van der Waals surface area contributed by atoms with E-state index in [2.05, 4.69) is 48.3 Å². The van der Waals surface area contributed by atoms with Crippen molar-refractivity contribution in [2.45, 2.75) is 32.9 Å². The Morgan fingerprint density at radius 3 is 2.42 bits per heavy atom. The van der Waals surface area contributed by atoms with E-state index in [0.717, 1.165) is 16.9 Å². The summed E-state index contributed by atoms with van der Waals surface area (Å²) in [7, 11) is 3.89. The van der Waals surface area contributed by atoms with Crippen molar-refractivity contribution in [1.82, 2.24) is 19.7 Å². The first-order valence-corrected chi connectivity index (χ1v) is 8.07. The van der Waals surface area contributed by atoms with E-state index in [1.807, 2.05) is 48.1 Å². The number of nitrogens with one attached hydrogen (secondary N) is 1. The molecule has 3 aromatic rings. The Labute approximate surface area is 142 Å². The largest absolute Gasteiger partial charge is 0.365 e. The second-order valence-corrected chi connectivity index (χ2v) is 7.07. The van der Waals surface area contributed by atoms with Crippen LogP contribution in [-0.4, -0.2) is 33.8 Å². The number of hydrogen-bond donors (Lipinski definition) is 1. The van der Waals surface area contributed by atoms with Crippen molar-refractivity contribution >= 4 is 22.8 Å². The van der Waals surface area contributed by atoms with Crippen molar-refractivity contribution in [3.8, 4) is 0 Å². The summed E-state index contributed by atoms with van der Waals surface area (Å²) in [5.41, 5.74) is 1.91. The minimum absolute atomic E-state index is 0.142. The van der Waals surface area contributed by atoms with E-state index in [1.165, 1.54) is 5.56 Å². The lowest BCUT2D eigenvalue weighted by atomic mass is 10.1. The van der Waals surface area contributed by atoms with Gasteiger partial charge in [-0.1, -0.05) is 30.3 Å². The number of fused-ring (bicyclic) bond motifs is 1. The van der Waals surface area contributed by atoms with Crippen molar-refractivity contribution in [2.75, 3.05) is 24.3 Å². The monoisotopic (exact) mass is 324 g/mol. The molecule has 126 valence electrons. The second kappa shape index (κ2) is 6.11. The summed E-state index contributed by atoms with van der Waals surface area (Å²) in [5, 5.41) is 8.91. The molecule has 1 aromatic carbocycles. The molecule has 1 N–H and O–H groups in total. The van der Waals surface area contributed by atoms with Gasteiger partial charge in [0.25, 0.3) is 0 Å². The molecule has 0 aliphatic carbocycles. The molecule has 0 atom stereocenters. The smallest absolute Gasteiger partial charge is 0.228 e. The molecule has 24 heavy (non-hydrogen) atoms. The minimum atomic E-state index is -0.142. The van der Waals surface area contributed by atoms with Crippen molar-refractivity contribution in [3.63, 3.8) is 0 Å². The van der Waals surface area contributed by atoms with Gasteiger partial charge in [-0.3, -0.25) is 0 Å². The van der Waals surface area contributed by atoms with Crippen molar-refractivity contribution in [3.05, 3.63) is 42.1 Å². The van der Waals surface area contributed by atoms with Gasteiger partial charge in [-0.15, -0.1) is 0 Å². The molecule has 3 rings (SSSR count). The molecule has 6 nitrogen and oxygen atoms in total. The number of aromatic nitrogens is 4. The molecular formula is C18H24N6. The number of hydrogen-bond acceptors (Lipinski definition) is 5. The average molecular weight is 324 g/mol. The quantitative estimate of drug-likeness (QED) is 0.798. The fraction of sp³-hybridized carbons (Fsp3) is 0.389. The van der Waals surface area contributed by atoms with Crippen LogP contribution < -0.4 is 10.2 Å². The zero-order valence-corrected chi connectivity index (χ0v) is 14.9. The number of nitrogens with zero attached hydrogens (tertiary/aromatic N) is 5. The van der Waals surface area contributed by atoms with Crippen LogP contribution in [0.5, 0.6) is 0 Å². The van der Waals surface area contributed by atoms with Crippen LogP contribution in [0.4, 0.5) is 11.8 Å². The molecule has 2 aromatic heterocycles. The highest BCUT2D eigenvalue weighted by molar-refractivity contribution is 5.87. The van der Waals surface area contributed by atoms with Crippen LogP contribution in [0, 0.1) is 0 Å². The predicted octanol–water partition coefficient (Wildman–Crippen LogP) is 3.26. The van der Waals surface area contributed by atoms with E-state index >= 15 is 0 Å². The number of anilines is 2. The Morgan fingerprint density at radius 1 is 1.08 bits per heavy atom. The first kappa shape index (κ1) is 16.2. The predicted molar refractivity (Wildman–Crippen MR) is 98.4 cm³/mol. The fourth-order valence-corrected chi connectivity index (χ4v) is 2.50. The Kier molecular flexibility index (Phi) is 4.13. The van der Waals surface area contributed by atoms with Gasteiger partial charge in [-0.2, -0.15) is 15.1 Å². The zero-order valence-electron chi connectivity index (χ0n) is 14.9. The van der Waals surface area contributed by atoms with E-state index in [9.17, 15) is 0 Å². The van der Waals surface area contributed by atoms with Gasteiger partial charge in [0.15, 0.2) is 5.65 Å². The molecule has 0 radical (unpaired) electrons. The van der Waals surface area contributed by atoms with Crippen LogP contribution in [0.15, 0.2) is 36.5 Å². The summed E-state index contributed by atoms with van der Waals surface area (Å²) in [6.07, 6.45) is 1.84. The second-order valence-electron chi connectivity index (χ2n) is 7.07. The van der Waals surface area contributed by atoms with Crippen molar-refractivity contribution < 1.29 is 0 Å². The van der Waals surface area contributed by atoms with Crippen LogP contribution in [0.2, 0.25) is 0 Å². The first-order valence-electron chi connectivity index (χ1n) is 8.07. The molecule has 0 aliphatic rings. The lowest BCUT2D eigenvalue weighted by molar-refractivity contribution is 0.366. The molecule has 0 aliphatic heterocycles. The van der Waals surface area contributed by atoms with E-state index in [0.29, 0.717) is 12.5 Å². The molecule has 2 heterocycles. The third-order valence-corrected chi connectivity index (χ3v) is 3.75. The Hall–Kier alpha value is -2.63. The maximum atomic E-state index is 4.69.